The average molecular weight is 572 g/mol. The summed E-state index contributed by atoms with van der Waals surface area (Å²) in [5, 5.41) is 29.2. The van der Waals surface area contributed by atoms with Crippen LogP contribution in [-0.4, -0.2) is 70.6 Å². The van der Waals surface area contributed by atoms with E-state index in [-0.39, 0.29) is 49.6 Å². The van der Waals surface area contributed by atoms with Crippen LogP contribution in [0, 0.1) is 22.7 Å². The first-order valence-corrected chi connectivity index (χ1v) is 14.3. The quantitative estimate of drug-likeness (QED) is 0.350. The summed E-state index contributed by atoms with van der Waals surface area (Å²) < 4.78 is 42.7. The van der Waals surface area contributed by atoms with Crippen LogP contribution >= 0.6 is 11.6 Å². The summed E-state index contributed by atoms with van der Waals surface area (Å²) in [5.74, 6) is -0.0731. The van der Waals surface area contributed by atoms with Crippen LogP contribution in [0.1, 0.15) is 30.4 Å². The predicted molar refractivity (Wildman–Crippen MR) is 144 cm³/mol. The third-order valence-corrected chi connectivity index (χ3v) is 8.53. The number of aromatic nitrogens is 4. The summed E-state index contributed by atoms with van der Waals surface area (Å²) >= 11 is 6.46. The SMILES string of the molecule is CNCc1ccc(-n2cc(-c3nc(N[C@H]4CCN(S(=O)(=O)CCCC#N)C[C@H]4F)ncc3C#N)cn2)c(Cl)c1. The number of nitrogens with zero attached hydrogens (tertiary/aromatic N) is 7. The Kier molecular flexibility index (Phi) is 9.09. The average Bonchev–Trinajstić information content (AvgIpc) is 3.40. The van der Waals surface area contributed by atoms with E-state index in [4.69, 9.17) is 16.9 Å². The van der Waals surface area contributed by atoms with Gasteiger partial charge in [0.1, 0.15) is 12.2 Å². The molecule has 0 saturated carbocycles. The molecule has 2 atom stereocenters. The third-order valence-electron chi connectivity index (χ3n) is 6.31. The Balaban J connectivity index is 1.49. The molecule has 0 aliphatic carbocycles. The number of rotatable bonds is 10. The highest BCUT2D eigenvalue weighted by Gasteiger charge is 2.35. The number of anilines is 1. The Hall–Kier alpha value is -3.62. The Bertz CT molecular complexity index is 1520. The molecule has 1 aromatic carbocycles. The van der Waals surface area contributed by atoms with Crippen LogP contribution in [0.2, 0.25) is 5.02 Å². The fourth-order valence-corrected chi connectivity index (χ4v) is 6.11. The van der Waals surface area contributed by atoms with Gasteiger partial charge in [-0.2, -0.15) is 19.9 Å². The van der Waals surface area contributed by atoms with E-state index in [1.807, 2.05) is 31.3 Å². The van der Waals surface area contributed by atoms with Gasteiger partial charge in [-0.3, -0.25) is 0 Å². The first-order chi connectivity index (χ1) is 18.7. The van der Waals surface area contributed by atoms with Crippen molar-refractivity contribution in [3.05, 3.63) is 52.9 Å². The van der Waals surface area contributed by atoms with Crippen molar-refractivity contribution < 1.29 is 12.8 Å². The molecule has 3 heterocycles. The van der Waals surface area contributed by atoms with Gasteiger partial charge in [-0.25, -0.2) is 27.5 Å². The van der Waals surface area contributed by atoms with Crippen molar-refractivity contribution >= 4 is 27.6 Å². The van der Waals surface area contributed by atoms with Crippen molar-refractivity contribution in [1.82, 2.24) is 29.4 Å². The van der Waals surface area contributed by atoms with Crippen LogP contribution in [0.3, 0.4) is 0 Å². The molecule has 3 aromatic rings. The van der Waals surface area contributed by atoms with E-state index in [9.17, 15) is 13.7 Å². The fraction of sp³-hybridized carbons (Fsp3) is 0.400. The van der Waals surface area contributed by atoms with E-state index in [1.54, 1.807) is 17.1 Å². The lowest BCUT2D eigenvalue weighted by Crippen LogP contribution is -2.50. The molecule has 204 valence electrons. The minimum atomic E-state index is -3.64. The molecule has 1 aliphatic rings. The molecule has 0 bridgehead atoms. The van der Waals surface area contributed by atoms with Crippen LogP contribution in [0.5, 0.6) is 0 Å². The summed E-state index contributed by atoms with van der Waals surface area (Å²) in [6, 6.07) is 8.90. The molecule has 1 saturated heterocycles. The van der Waals surface area contributed by atoms with Crippen molar-refractivity contribution in [3.8, 4) is 29.1 Å². The number of hydrogen-bond donors (Lipinski definition) is 2. The van der Waals surface area contributed by atoms with Crippen LogP contribution in [-0.2, 0) is 16.6 Å². The largest absolute Gasteiger partial charge is 0.348 e. The van der Waals surface area contributed by atoms with Crippen molar-refractivity contribution in [2.45, 2.75) is 38.0 Å². The number of sulfonamides is 1. The highest BCUT2D eigenvalue weighted by atomic mass is 35.5. The van der Waals surface area contributed by atoms with Crippen molar-refractivity contribution in [2.24, 2.45) is 0 Å². The molecule has 0 radical (unpaired) electrons. The van der Waals surface area contributed by atoms with Crippen LogP contribution in [0.15, 0.2) is 36.8 Å². The van der Waals surface area contributed by atoms with E-state index < -0.39 is 22.2 Å². The van der Waals surface area contributed by atoms with Crippen molar-refractivity contribution in [1.29, 1.82) is 10.5 Å². The Morgan fingerprint density at radius 2 is 2.10 bits per heavy atom. The van der Waals surface area contributed by atoms with Gasteiger partial charge >= 0.3 is 0 Å². The molecule has 14 heteroatoms. The molecular weight excluding hydrogens is 545 g/mol. The summed E-state index contributed by atoms with van der Waals surface area (Å²) in [5.41, 5.74) is 2.75. The Morgan fingerprint density at radius 1 is 1.28 bits per heavy atom. The van der Waals surface area contributed by atoms with Gasteiger partial charge in [-0.1, -0.05) is 17.7 Å². The lowest BCUT2D eigenvalue weighted by atomic mass is 10.1. The molecule has 2 N–H and O–H groups in total. The van der Waals surface area contributed by atoms with Gasteiger partial charge in [0.2, 0.25) is 16.0 Å². The fourth-order valence-electron chi connectivity index (χ4n) is 4.30. The van der Waals surface area contributed by atoms with E-state index in [1.165, 1.54) is 6.20 Å². The van der Waals surface area contributed by atoms with Gasteiger partial charge < -0.3 is 10.6 Å². The molecule has 0 amide bonds. The number of alkyl halides is 1. The molecule has 11 nitrogen and oxygen atoms in total. The summed E-state index contributed by atoms with van der Waals surface area (Å²) in [4.78, 5) is 8.62. The maximum Gasteiger partial charge on any atom is 0.223 e. The zero-order valence-electron chi connectivity index (χ0n) is 21.2. The second-order valence-corrected chi connectivity index (χ2v) is 11.5. The van der Waals surface area contributed by atoms with Gasteiger partial charge in [-0.15, -0.1) is 0 Å². The third kappa shape index (κ3) is 6.69. The van der Waals surface area contributed by atoms with Gasteiger partial charge in [0.25, 0.3) is 0 Å². The highest BCUT2D eigenvalue weighted by Crippen LogP contribution is 2.27. The van der Waals surface area contributed by atoms with Crippen LogP contribution < -0.4 is 10.6 Å². The van der Waals surface area contributed by atoms with Crippen molar-refractivity contribution in [3.63, 3.8) is 0 Å². The summed E-state index contributed by atoms with van der Waals surface area (Å²) in [6.07, 6.45) is 3.64. The normalized spacial score (nSPS) is 17.9. The topological polar surface area (TPSA) is 153 Å². The molecule has 1 aliphatic heterocycles. The number of piperidine rings is 1. The van der Waals surface area contributed by atoms with Crippen molar-refractivity contribution in [2.75, 3.05) is 31.2 Å². The van der Waals surface area contributed by atoms with Gasteiger partial charge in [0.15, 0.2) is 0 Å². The smallest absolute Gasteiger partial charge is 0.223 e. The molecule has 1 fully saturated rings. The summed E-state index contributed by atoms with van der Waals surface area (Å²) in [7, 11) is -1.79. The first kappa shape index (κ1) is 28.4. The lowest BCUT2D eigenvalue weighted by Gasteiger charge is -2.34. The number of benzene rings is 1. The van der Waals surface area contributed by atoms with E-state index in [0.29, 0.717) is 28.5 Å². The zero-order chi connectivity index (χ0) is 28.0. The number of nitriles is 2. The standard InChI is InChI=1S/C25H27ClFN9O2S/c1-30-12-17-4-5-23(20(26)10-17)36-15-19(14-32-36)24-18(11-29)13-31-25(34-24)33-22-6-8-35(16-21(22)27)39(37,38)9-3-2-7-28/h4-5,10,13-15,21-22,30H,2-3,6,8-9,12,16H2,1H3,(H,31,33,34)/t21-,22+/m1/s1. The highest BCUT2D eigenvalue weighted by molar-refractivity contribution is 7.89. The Morgan fingerprint density at radius 3 is 2.79 bits per heavy atom. The first-order valence-electron chi connectivity index (χ1n) is 12.3. The number of halogens is 2. The number of unbranched alkanes of at least 4 members (excludes halogenated alkanes) is 1. The van der Waals surface area contributed by atoms with E-state index in [0.717, 1.165) is 9.87 Å². The van der Waals surface area contributed by atoms with Gasteiger partial charge in [0.05, 0.1) is 52.2 Å². The predicted octanol–water partition coefficient (Wildman–Crippen LogP) is 3.03. The minimum absolute atomic E-state index is 0.115. The van der Waals surface area contributed by atoms with E-state index in [2.05, 4.69) is 31.8 Å². The molecular formula is C25H27ClFN9O2S. The lowest BCUT2D eigenvalue weighted by molar-refractivity contribution is 0.185. The number of nitrogens with one attached hydrogen (secondary N) is 2. The Labute approximate surface area is 231 Å². The van der Waals surface area contributed by atoms with Gasteiger partial charge in [-0.05, 0) is 37.6 Å². The number of hydrogen-bond acceptors (Lipinski definition) is 9. The maximum absolute atomic E-state index is 15.0. The van der Waals surface area contributed by atoms with Gasteiger partial charge in [0, 0.05) is 37.8 Å². The molecule has 0 unspecified atom stereocenters. The summed E-state index contributed by atoms with van der Waals surface area (Å²) in [6.45, 7) is 0.511. The molecule has 0 spiro atoms. The second kappa shape index (κ2) is 12.5. The van der Waals surface area contributed by atoms with Crippen LogP contribution in [0.4, 0.5) is 10.3 Å². The van der Waals surface area contributed by atoms with Crippen LogP contribution in [0.25, 0.3) is 16.9 Å². The second-order valence-electron chi connectivity index (χ2n) is 9.05. The monoisotopic (exact) mass is 571 g/mol. The maximum atomic E-state index is 15.0. The molecule has 39 heavy (non-hydrogen) atoms. The van der Waals surface area contributed by atoms with E-state index >= 15 is 4.39 Å². The molecule has 2 aromatic heterocycles. The molecule has 4 rings (SSSR count). The zero-order valence-corrected chi connectivity index (χ0v) is 22.8. The minimum Gasteiger partial charge on any atom is -0.348 e.